The van der Waals surface area contributed by atoms with Gasteiger partial charge >= 0.3 is 17.9 Å². The molecule has 0 amide bonds. The number of hydrogen-bond acceptors (Lipinski definition) is 9. The molecule has 1 aliphatic carbocycles. The van der Waals surface area contributed by atoms with Crippen molar-refractivity contribution < 1.29 is 48.7 Å². The maximum atomic E-state index is 12.6. The number of carbonyl (C=O) groups is 3. The van der Waals surface area contributed by atoms with Crippen molar-refractivity contribution in [3.8, 4) is 11.5 Å². The van der Waals surface area contributed by atoms with Gasteiger partial charge in [0, 0.05) is 12.5 Å². The van der Waals surface area contributed by atoms with E-state index in [9.17, 15) is 29.7 Å². The van der Waals surface area contributed by atoms with Crippen molar-refractivity contribution in [3.63, 3.8) is 0 Å². The molecule has 0 aromatic heterocycles. The van der Waals surface area contributed by atoms with Crippen LogP contribution in [-0.2, 0) is 36.7 Å². The van der Waals surface area contributed by atoms with E-state index in [1.165, 1.54) is 0 Å². The van der Waals surface area contributed by atoms with Crippen LogP contribution in [0.5, 0.6) is 11.5 Å². The molecule has 4 unspecified atom stereocenters. The minimum absolute atomic E-state index is 0.0874. The second-order valence-electron chi connectivity index (χ2n) is 10.4. The number of benzene rings is 2. The number of aliphatic carboxylic acids is 1. The maximum absolute atomic E-state index is 12.6. The summed E-state index contributed by atoms with van der Waals surface area (Å²) in [6, 6.07) is 11.5. The summed E-state index contributed by atoms with van der Waals surface area (Å²) in [4.78, 5) is 35.3. The molecule has 0 saturated carbocycles. The number of allylic oxidation sites excluding steroid dienone is 2. The van der Waals surface area contributed by atoms with Crippen molar-refractivity contribution in [1.82, 2.24) is 0 Å². The summed E-state index contributed by atoms with van der Waals surface area (Å²) >= 11 is 0. The number of hydrogen-bond donors (Lipinski definition) is 3. The van der Waals surface area contributed by atoms with Crippen LogP contribution in [0.25, 0.3) is 0 Å². The van der Waals surface area contributed by atoms with Gasteiger partial charge in [-0.25, -0.2) is 4.79 Å². The minimum atomic E-state index is -1.13. The predicted molar refractivity (Wildman–Crippen MR) is 158 cm³/mol. The standard InChI is InChI=1S/C33H40O10/c1-4-22-11-9-13-24(16-23-12-8-10-21(3)30(23)41-18-25(34)17-40-29(36)5-2)31(22)42-19-26(35)20-43-33(39)28-15-7-6-14-27(28)32(37)38/h5-13,25-28,34-35H,2,4,14-20H2,1,3H3,(H,37,38). The molecule has 2 aromatic carbocycles. The molecule has 0 heterocycles. The van der Waals surface area contributed by atoms with Crippen molar-refractivity contribution in [2.24, 2.45) is 11.8 Å². The Morgan fingerprint density at radius 2 is 1.42 bits per heavy atom. The van der Waals surface area contributed by atoms with Crippen LogP contribution in [0.15, 0.2) is 61.2 Å². The van der Waals surface area contributed by atoms with E-state index in [-0.39, 0.29) is 39.3 Å². The molecular formula is C33H40O10. The van der Waals surface area contributed by atoms with Crippen LogP contribution < -0.4 is 9.47 Å². The monoisotopic (exact) mass is 596 g/mol. The molecule has 0 aliphatic heterocycles. The first-order valence-electron chi connectivity index (χ1n) is 14.3. The molecule has 3 N–H and O–H groups in total. The molecular weight excluding hydrogens is 556 g/mol. The summed E-state index contributed by atoms with van der Waals surface area (Å²) in [6.45, 7) is 6.43. The summed E-state index contributed by atoms with van der Waals surface area (Å²) in [6.07, 6.45) is 4.02. The molecule has 0 fully saturated rings. The molecule has 43 heavy (non-hydrogen) atoms. The fourth-order valence-corrected chi connectivity index (χ4v) is 4.83. The molecule has 232 valence electrons. The quantitative estimate of drug-likeness (QED) is 0.149. The normalized spacial score (nSPS) is 17.4. The zero-order valence-electron chi connectivity index (χ0n) is 24.6. The molecule has 0 radical (unpaired) electrons. The minimum Gasteiger partial charge on any atom is -0.490 e. The van der Waals surface area contributed by atoms with E-state index in [0.717, 1.165) is 28.3 Å². The van der Waals surface area contributed by atoms with Crippen molar-refractivity contribution in [2.75, 3.05) is 26.4 Å². The van der Waals surface area contributed by atoms with Gasteiger partial charge in [0.1, 0.15) is 50.1 Å². The second kappa shape index (κ2) is 16.5. The van der Waals surface area contributed by atoms with Crippen LogP contribution in [0.1, 0.15) is 42.0 Å². The topological polar surface area (TPSA) is 149 Å². The Kier molecular flexibility index (Phi) is 12.8. The van der Waals surface area contributed by atoms with Gasteiger partial charge < -0.3 is 34.3 Å². The number of aliphatic hydroxyl groups excluding tert-OH is 2. The van der Waals surface area contributed by atoms with Crippen LogP contribution >= 0.6 is 0 Å². The van der Waals surface area contributed by atoms with Crippen molar-refractivity contribution >= 4 is 17.9 Å². The summed E-state index contributed by atoms with van der Waals surface area (Å²) in [7, 11) is 0. The Morgan fingerprint density at radius 3 is 2.05 bits per heavy atom. The van der Waals surface area contributed by atoms with Gasteiger partial charge in [0.05, 0.1) is 11.8 Å². The van der Waals surface area contributed by atoms with Crippen LogP contribution in [0.4, 0.5) is 0 Å². The smallest absolute Gasteiger partial charge is 0.330 e. The Balaban J connectivity index is 1.66. The lowest BCUT2D eigenvalue weighted by Crippen LogP contribution is -2.34. The van der Waals surface area contributed by atoms with E-state index >= 15 is 0 Å². The van der Waals surface area contributed by atoms with Gasteiger partial charge in [0.2, 0.25) is 0 Å². The van der Waals surface area contributed by atoms with Crippen molar-refractivity contribution in [2.45, 2.75) is 51.7 Å². The third kappa shape index (κ3) is 9.69. The number of rotatable bonds is 16. The first kappa shape index (κ1) is 33.4. The molecule has 0 saturated heterocycles. The van der Waals surface area contributed by atoms with E-state index < -0.39 is 42.0 Å². The first-order valence-corrected chi connectivity index (χ1v) is 14.3. The van der Waals surface area contributed by atoms with Crippen molar-refractivity contribution in [1.29, 1.82) is 0 Å². The van der Waals surface area contributed by atoms with Crippen LogP contribution in [0.2, 0.25) is 0 Å². The fraction of sp³-hybridized carbons (Fsp3) is 0.424. The molecule has 3 rings (SSSR count). The van der Waals surface area contributed by atoms with Crippen molar-refractivity contribution in [3.05, 3.63) is 83.5 Å². The highest BCUT2D eigenvalue weighted by molar-refractivity contribution is 5.82. The maximum Gasteiger partial charge on any atom is 0.330 e. The zero-order chi connectivity index (χ0) is 31.4. The summed E-state index contributed by atoms with van der Waals surface area (Å²) in [5, 5.41) is 30.2. The number of ether oxygens (including phenoxy) is 4. The Hall–Kier alpha value is -4.15. The number of carboxylic acids is 1. The van der Waals surface area contributed by atoms with E-state index in [0.29, 0.717) is 24.3 Å². The number of aryl methyl sites for hydroxylation is 2. The van der Waals surface area contributed by atoms with Crippen LogP contribution in [0, 0.1) is 18.8 Å². The Morgan fingerprint density at radius 1 is 0.860 bits per heavy atom. The molecule has 0 spiro atoms. The number of para-hydroxylation sites is 2. The third-order valence-corrected chi connectivity index (χ3v) is 7.13. The molecule has 2 aromatic rings. The van der Waals surface area contributed by atoms with Gasteiger partial charge in [-0.05, 0) is 48.4 Å². The average molecular weight is 597 g/mol. The Bertz CT molecular complexity index is 1300. The highest BCUT2D eigenvalue weighted by Gasteiger charge is 2.35. The lowest BCUT2D eigenvalue weighted by Gasteiger charge is -2.24. The number of carboxylic acid groups (broad SMARTS) is 1. The van der Waals surface area contributed by atoms with Gasteiger partial charge in [-0.1, -0.05) is 62.1 Å². The van der Waals surface area contributed by atoms with Crippen LogP contribution in [0.3, 0.4) is 0 Å². The fourth-order valence-electron chi connectivity index (χ4n) is 4.83. The lowest BCUT2D eigenvalue weighted by atomic mass is 9.83. The summed E-state index contributed by atoms with van der Waals surface area (Å²) < 4.78 is 22.2. The van der Waals surface area contributed by atoms with Gasteiger partial charge in [0.25, 0.3) is 0 Å². The first-order chi connectivity index (χ1) is 20.6. The number of esters is 2. The summed E-state index contributed by atoms with van der Waals surface area (Å²) in [5.74, 6) is -2.78. The van der Waals surface area contributed by atoms with Crippen LogP contribution in [-0.4, -0.2) is 71.9 Å². The zero-order valence-corrected chi connectivity index (χ0v) is 24.6. The average Bonchev–Trinajstić information content (AvgIpc) is 3.01. The van der Waals surface area contributed by atoms with Gasteiger partial charge in [0.15, 0.2) is 0 Å². The Labute approximate surface area is 251 Å². The predicted octanol–water partition coefficient (Wildman–Crippen LogP) is 3.57. The lowest BCUT2D eigenvalue weighted by molar-refractivity contribution is -0.160. The largest absolute Gasteiger partial charge is 0.490 e. The van der Waals surface area contributed by atoms with Gasteiger partial charge in [-0.2, -0.15) is 0 Å². The van der Waals surface area contributed by atoms with E-state index in [2.05, 4.69) is 6.58 Å². The molecule has 1 aliphatic rings. The van der Waals surface area contributed by atoms with E-state index in [4.69, 9.17) is 18.9 Å². The molecule has 10 nitrogen and oxygen atoms in total. The van der Waals surface area contributed by atoms with Gasteiger partial charge in [-0.15, -0.1) is 0 Å². The summed E-state index contributed by atoms with van der Waals surface area (Å²) in [5.41, 5.74) is 3.47. The molecule has 4 atom stereocenters. The van der Waals surface area contributed by atoms with Gasteiger partial charge in [-0.3, -0.25) is 9.59 Å². The third-order valence-electron chi connectivity index (χ3n) is 7.13. The molecule has 10 heteroatoms. The second-order valence-corrected chi connectivity index (χ2v) is 10.4. The van der Waals surface area contributed by atoms with E-state index in [1.807, 2.05) is 50.2 Å². The number of carbonyl (C=O) groups excluding carboxylic acids is 2. The van der Waals surface area contributed by atoms with E-state index in [1.54, 1.807) is 12.2 Å². The highest BCUT2D eigenvalue weighted by atomic mass is 16.6. The highest BCUT2D eigenvalue weighted by Crippen LogP contribution is 2.32. The SMILES string of the molecule is C=CC(=O)OCC(O)COc1c(C)cccc1Cc1cccc(CC)c1OCC(O)COC(=O)C1CC=CCC1C(=O)O. The molecule has 0 bridgehead atoms. The number of aliphatic hydroxyl groups is 2.